The summed E-state index contributed by atoms with van der Waals surface area (Å²) in [5, 5.41) is 6.58. The average Bonchev–Trinajstić information content (AvgIpc) is 2.94. The van der Waals surface area contributed by atoms with Crippen LogP contribution in [0.15, 0.2) is 73.3 Å². The largest absolute Gasteiger partial charge is 0.337 e. The van der Waals surface area contributed by atoms with Gasteiger partial charge in [-0.25, -0.2) is 19.9 Å². The van der Waals surface area contributed by atoms with Gasteiger partial charge in [-0.15, -0.1) is 0 Å². The number of hydrogen-bond donors (Lipinski definition) is 2. The second kappa shape index (κ2) is 11.1. The number of anilines is 4. The predicted octanol–water partition coefficient (Wildman–Crippen LogP) is 3.60. The molecule has 1 aliphatic heterocycles. The Balaban J connectivity index is 1.18. The van der Waals surface area contributed by atoms with Crippen LogP contribution in [0.25, 0.3) is 0 Å². The molecule has 2 aromatic heterocycles. The SMILES string of the molecule is CNC(C)c1cccc(Nc2ncnc(N3CCN(c4ncc(Cc5ccccc5)cn4)CC3)n2)c1. The van der Waals surface area contributed by atoms with Gasteiger partial charge >= 0.3 is 0 Å². The van der Waals surface area contributed by atoms with Gasteiger partial charge in [0.2, 0.25) is 17.8 Å². The van der Waals surface area contributed by atoms with Crippen molar-refractivity contribution in [2.75, 3.05) is 48.3 Å². The maximum atomic E-state index is 4.66. The standard InChI is InChI=1S/C27H31N9/c1-20(28-2)23-9-6-10-24(16-23)33-25-31-19-32-27(34-25)36-13-11-35(12-14-36)26-29-17-22(18-30-26)15-21-7-4-3-5-8-21/h3-10,16-20,28H,11-15H2,1-2H3,(H,31,32,33,34). The van der Waals surface area contributed by atoms with Crippen LogP contribution >= 0.6 is 0 Å². The Bertz CT molecular complexity index is 1260. The molecule has 184 valence electrons. The maximum absolute atomic E-state index is 4.66. The summed E-state index contributed by atoms with van der Waals surface area (Å²) in [7, 11) is 1.95. The smallest absolute Gasteiger partial charge is 0.231 e. The summed E-state index contributed by atoms with van der Waals surface area (Å²) in [6, 6.07) is 18.9. The van der Waals surface area contributed by atoms with Crippen LogP contribution in [0.3, 0.4) is 0 Å². The van der Waals surface area contributed by atoms with Gasteiger partial charge in [-0.3, -0.25) is 0 Å². The van der Waals surface area contributed by atoms with Crippen LogP contribution < -0.4 is 20.4 Å². The molecule has 1 aliphatic rings. The monoisotopic (exact) mass is 481 g/mol. The van der Waals surface area contributed by atoms with Crippen molar-refractivity contribution in [3.63, 3.8) is 0 Å². The summed E-state index contributed by atoms with van der Waals surface area (Å²) in [4.78, 5) is 27.0. The first kappa shape index (κ1) is 23.6. The van der Waals surface area contributed by atoms with E-state index in [-0.39, 0.29) is 6.04 Å². The van der Waals surface area contributed by atoms with E-state index >= 15 is 0 Å². The molecular formula is C27H31N9. The van der Waals surface area contributed by atoms with E-state index in [0.717, 1.165) is 49.8 Å². The van der Waals surface area contributed by atoms with E-state index in [0.29, 0.717) is 11.9 Å². The maximum Gasteiger partial charge on any atom is 0.231 e. The minimum absolute atomic E-state index is 0.265. The summed E-state index contributed by atoms with van der Waals surface area (Å²) in [6.07, 6.45) is 6.25. The first-order chi connectivity index (χ1) is 17.7. The highest BCUT2D eigenvalue weighted by atomic mass is 15.4. The molecule has 9 heteroatoms. The highest BCUT2D eigenvalue weighted by molar-refractivity contribution is 5.55. The fraction of sp³-hybridized carbons (Fsp3) is 0.296. The number of aromatic nitrogens is 5. The van der Waals surface area contributed by atoms with Crippen molar-refractivity contribution in [2.24, 2.45) is 0 Å². The molecular weight excluding hydrogens is 450 g/mol. The molecule has 0 amide bonds. The Morgan fingerprint density at radius 3 is 2.25 bits per heavy atom. The molecule has 4 aromatic rings. The van der Waals surface area contributed by atoms with Gasteiger partial charge < -0.3 is 20.4 Å². The van der Waals surface area contributed by atoms with Gasteiger partial charge in [0.15, 0.2) is 0 Å². The molecule has 0 spiro atoms. The van der Waals surface area contributed by atoms with Crippen LogP contribution in [0.5, 0.6) is 0 Å². The van der Waals surface area contributed by atoms with Gasteiger partial charge in [0.1, 0.15) is 6.33 Å². The predicted molar refractivity (Wildman–Crippen MR) is 143 cm³/mol. The van der Waals surface area contributed by atoms with Crippen molar-refractivity contribution in [2.45, 2.75) is 19.4 Å². The molecule has 9 nitrogen and oxygen atoms in total. The number of piperazine rings is 1. The lowest BCUT2D eigenvalue weighted by molar-refractivity contribution is 0.626. The minimum Gasteiger partial charge on any atom is -0.337 e. The van der Waals surface area contributed by atoms with Gasteiger partial charge in [-0.2, -0.15) is 4.98 Å². The third-order valence-corrected chi connectivity index (χ3v) is 6.42. The highest BCUT2D eigenvalue weighted by Crippen LogP contribution is 2.21. The summed E-state index contributed by atoms with van der Waals surface area (Å²) in [5.41, 5.74) is 4.52. The summed E-state index contributed by atoms with van der Waals surface area (Å²) in [6.45, 7) is 5.30. The van der Waals surface area contributed by atoms with Gasteiger partial charge in [0.25, 0.3) is 0 Å². The Morgan fingerprint density at radius 1 is 0.806 bits per heavy atom. The Morgan fingerprint density at radius 2 is 1.53 bits per heavy atom. The molecule has 1 saturated heterocycles. The molecule has 1 atom stereocenters. The molecule has 1 fully saturated rings. The van der Waals surface area contributed by atoms with Crippen molar-refractivity contribution < 1.29 is 0 Å². The van der Waals surface area contributed by atoms with Gasteiger partial charge in [0, 0.05) is 56.7 Å². The second-order valence-electron chi connectivity index (χ2n) is 8.90. The van der Waals surface area contributed by atoms with Gasteiger partial charge in [0.05, 0.1) is 0 Å². The molecule has 2 N–H and O–H groups in total. The molecule has 3 heterocycles. The van der Waals surface area contributed by atoms with Crippen LogP contribution in [0.1, 0.15) is 29.7 Å². The zero-order valence-corrected chi connectivity index (χ0v) is 20.7. The lowest BCUT2D eigenvalue weighted by Gasteiger charge is -2.34. The molecule has 5 rings (SSSR count). The zero-order valence-electron chi connectivity index (χ0n) is 20.7. The molecule has 1 unspecified atom stereocenters. The van der Waals surface area contributed by atoms with Crippen LogP contribution in [0.4, 0.5) is 23.5 Å². The number of benzene rings is 2. The Hall–Kier alpha value is -4.11. The van der Waals surface area contributed by atoms with E-state index in [2.05, 4.69) is 88.7 Å². The number of hydrogen-bond acceptors (Lipinski definition) is 9. The third-order valence-electron chi connectivity index (χ3n) is 6.42. The number of nitrogens with one attached hydrogen (secondary N) is 2. The summed E-state index contributed by atoms with van der Waals surface area (Å²) >= 11 is 0. The molecule has 0 aliphatic carbocycles. The second-order valence-corrected chi connectivity index (χ2v) is 8.90. The van der Waals surface area contributed by atoms with E-state index in [1.54, 1.807) is 6.33 Å². The normalized spacial score (nSPS) is 14.5. The Kier molecular flexibility index (Phi) is 7.28. The minimum atomic E-state index is 0.265. The quantitative estimate of drug-likeness (QED) is 0.391. The molecule has 36 heavy (non-hydrogen) atoms. The topological polar surface area (TPSA) is 95.0 Å². The van der Waals surface area contributed by atoms with Crippen molar-refractivity contribution in [3.05, 3.63) is 90.0 Å². The molecule has 0 bridgehead atoms. The van der Waals surface area contributed by atoms with Crippen molar-refractivity contribution in [3.8, 4) is 0 Å². The molecule has 0 saturated carbocycles. The van der Waals surface area contributed by atoms with E-state index < -0.39 is 0 Å². The Labute approximate surface area is 211 Å². The van der Waals surface area contributed by atoms with Crippen molar-refractivity contribution >= 4 is 23.5 Å². The fourth-order valence-electron chi connectivity index (χ4n) is 4.22. The fourth-order valence-corrected chi connectivity index (χ4v) is 4.22. The van der Waals surface area contributed by atoms with Crippen LogP contribution in [0, 0.1) is 0 Å². The van der Waals surface area contributed by atoms with E-state index in [1.165, 1.54) is 11.1 Å². The average molecular weight is 482 g/mol. The van der Waals surface area contributed by atoms with Crippen molar-refractivity contribution in [1.82, 2.24) is 30.2 Å². The van der Waals surface area contributed by atoms with Crippen molar-refractivity contribution in [1.29, 1.82) is 0 Å². The third kappa shape index (κ3) is 5.75. The van der Waals surface area contributed by atoms with Crippen LogP contribution in [0.2, 0.25) is 0 Å². The van der Waals surface area contributed by atoms with Gasteiger partial charge in [-0.1, -0.05) is 42.5 Å². The first-order valence-corrected chi connectivity index (χ1v) is 12.3. The van der Waals surface area contributed by atoms with E-state index in [4.69, 9.17) is 0 Å². The van der Waals surface area contributed by atoms with Gasteiger partial charge in [-0.05, 0) is 42.8 Å². The molecule has 2 aromatic carbocycles. The number of nitrogens with zero attached hydrogens (tertiary/aromatic N) is 7. The number of rotatable bonds is 8. The van der Waals surface area contributed by atoms with E-state index in [9.17, 15) is 0 Å². The van der Waals surface area contributed by atoms with E-state index in [1.807, 2.05) is 37.6 Å². The van der Waals surface area contributed by atoms with Crippen LogP contribution in [-0.2, 0) is 6.42 Å². The summed E-state index contributed by atoms with van der Waals surface area (Å²) < 4.78 is 0. The summed E-state index contributed by atoms with van der Waals surface area (Å²) in [5.74, 6) is 1.97. The lowest BCUT2D eigenvalue weighted by Crippen LogP contribution is -2.47. The first-order valence-electron chi connectivity index (χ1n) is 12.3. The highest BCUT2D eigenvalue weighted by Gasteiger charge is 2.21. The lowest BCUT2D eigenvalue weighted by atomic mass is 10.1. The van der Waals surface area contributed by atoms with Crippen LogP contribution in [-0.4, -0.2) is 58.1 Å². The zero-order chi connectivity index (χ0) is 24.7. The molecule has 0 radical (unpaired) electrons.